The second-order valence-corrected chi connectivity index (χ2v) is 8.40. The monoisotopic (exact) mass is 511 g/mol. The van der Waals surface area contributed by atoms with Gasteiger partial charge in [-0.3, -0.25) is 14.5 Å². The van der Waals surface area contributed by atoms with Gasteiger partial charge in [-0.2, -0.15) is 13.2 Å². The van der Waals surface area contributed by atoms with Crippen LogP contribution in [0.25, 0.3) is 5.76 Å². The molecule has 1 heterocycles. The molecule has 0 aliphatic carbocycles. The summed E-state index contributed by atoms with van der Waals surface area (Å²) in [4.78, 5) is 27.5. The minimum Gasteiger partial charge on any atom is -0.507 e. The van der Waals surface area contributed by atoms with E-state index in [2.05, 4.69) is 0 Å². The van der Waals surface area contributed by atoms with E-state index in [9.17, 15) is 27.9 Å². The van der Waals surface area contributed by atoms with Crippen LogP contribution in [0, 0.1) is 6.92 Å². The van der Waals surface area contributed by atoms with Gasteiger partial charge in [0.2, 0.25) is 0 Å². The summed E-state index contributed by atoms with van der Waals surface area (Å²) < 4.78 is 51.0. The molecule has 1 aliphatic heterocycles. The summed E-state index contributed by atoms with van der Waals surface area (Å²) in [7, 11) is 1.47. The Morgan fingerprint density at radius 2 is 1.73 bits per heavy atom. The van der Waals surface area contributed by atoms with Gasteiger partial charge >= 0.3 is 6.18 Å². The third-order valence-electron chi connectivity index (χ3n) is 6.08. The number of alkyl halides is 3. The summed E-state index contributed by atoms with van der Waals surface area (Å²) in [6.45, 7) is 4.03. The molecule has 0 spiro atoms. The van der Waals surface area contributed by atoms with Crippen molar-refractivity contribution in [1.29, 1.82) is 0 Å². The number of halogens is 3. The molecule has 0 radical (unpaired) electrons. The number of Topliss-reactive ketones (excluding diaryl/α,β-unsaturated/α-hetero) is 1. The molecule has 1 atom stereocenters. The van der Waals surface area contributed by atoms with Crippen molar-refractivity contribution in [3.63, 3.8) is 0 Å². The highest BCUT2D eigenvalue weighted by Gasteiger charge is 2.47. The topological polar surface area (TPSA) is 76.1 Å². The number of aliphatic hydroxyl groups excluding tert-OH is 1. The van der Waals surface area contributed by atoms with Crippen LogP contribution < -0.4 is 14.4 Å². The lowest BCUT2D eigenvalue weighted by molar-refractivity contribution is -0.137. The summed E-state index contributed by atoms with van der Waals surface area (Å²) >= 11 is 0. The Morgan fingerprint density at radius 3 is 2.32 bits per heavy atom. The van der Waals surface area contributed by atoms with Crippen LogP contribution >= 0.6 is 0 Å². The Labute approximate surface area is 211 Å². The number of rotatable bonds is 6. The standard InChI is InChI=1S/C28H24F3NO5/c1-4-37-22-13-10-18(14-16(22)2)25(33)23-24(17-8-11-21(36-3)12-9-17)32(27(35)26(23)34)20-7-5-6-19(15-20)28(29,30)31/h5-15,24,33H,4H2,1-3H3/b25-23+. The minimum atomic E-state index is -4.65. The number of amides is 1. The number of ether oxygens (including phenoxy) is 2. The third kappa shape index (κ3) is 4.89. The van der Waals surface area contributed by atoms with Gasteiger partial charge < -0.3 is 14.6 Å². The van der Waals surface area contributed by atoms with Crippen molar-refractivity contribution >= 4 is 23.1 Å². The first-order valence-corrected chi connectivity index (χ1v) is 11.4. The van der Waals surface area contributed by atoms with Gasteiger partial charge in [-0.15, -0.1) is 0 Å². The van der Waals surface area contributed by atoms with E-state index >= 15 is 0 Å². The lowest BCUT2D eigenvalue weighted by atomic mass is 9.94. The SMILES string of the molecule is CCOc1ccc(/C(O)=C2\C(=O)C(=O)N(c3cccc(C(F)(F)F)c3)C2c2ccc(OC)cc2)cc1C. The summed E-state index contributed by atoms with van der Waals surface area (Å²) in [6, 6.07) is 14.2. The number of hydrogen-bond donors (Lipinski definition) is 1. The van der Waals surface area contributed by atoms with E-state index in [1.807, 2.05) is 6.92 Å². The van der Waals surface area contributed by atoms with E-state index in [0.717, 1.165) is 17.0 Å². The molecule has 0 bridgehead atoms. The van der Waals surface area contributed by atoms with E-state index in [-0.39, 0.29) is 16.8 Å². The Kier molecular flexibility index (Phi) is 6.98. The van der Waals surface area contributed by atoms with Crippen LogP contribution in [-0.4, -0.2) is 30.5 Å². The largest absolute Gasteiger partial charge is 0.507 e. The number of carbonyl (C=O) groups is 2. The van der Waals surface area contributed by atoms with E-state index in [1.54, 1.807) is 49.4 Å². The maximum absolute atomic E-state index is 13.4. The first-order valence-electron chi connectivity index (χ1n) is 11.4. The van der Waals surface area contributed by atoms with Gasteiger partial charge in [0.05, 0.1) is 30.9 Å². The Bertz CT molecular complexity index is 1380. The van der Waals surface area contributed by atoms with E-state index in [1.165, 1.54) is 19.2 Å². The normalized spacial score (nSPS) is 17.2. The molecule has 1 N–H and O–H groups in total. The Morgan fingerprint density at radius 1 is 1.03 bits per heavy atom. The molecule has 37 heavy (non-hydrogen) atoms. The van der Waals surface area contributed by atoms with Crippen molar-refractivity contribution in [2.45, 2.75) is 26.1 Å². The number of aryl methyl sites for hydroxylation is 1. The molecule has 192 valence electrons. The van der Waals surface area contributed by atoms with Gasteiger partial charge in [-0.05, 0) is 73.5 Å². The van der Waals surface area contributed by atoms with Crippen molar-refractivity contribution in [2.75, 3.05) is 18.6 Å². The molecule has 9 heteroatoms. The van der Waals surface area contributed by atoms with Gasteiger partial charge in [0.1, 0.15) is 17.3 Å². The molecular formula is C28H24F3NO5. The minimum absolute atomic E-state index is 0.125. The smallest absolute Gasteiger partial charge is 0.416 e. The van der Waals surface area contributed by atoms with Crippen molar-refractivity contribution in [3.8, 4) is 11.5 Å². The molecule has 6 nitrogen and oxygen atoms in total. The molecular weight excluding hydrogens is 487 g/mol. The maximum atomic E-state index is 13.4. The number of carbonyl (C=O) groups excluding carboxylic acids is 2. The van der Waals surface area contributed by atoms with Gasteiger partial charge in [0.15, 0.2) is 0 Å². The lowest BCUT2D eigenvalue weighted by Gasteiger charge is -2.26. The highest BCUT2D eigenvalue weighted by Crippen LogP contribution is 2.44. The second-order valence-electron chi connectivity index (χ2n) is 8.40. The molecule has 1 saturated heterocycles. The zero-order valence-electron chi connectivity index (χ0n) is 20.3. The lowest BCUT2D eigenvalue weighted by Crippen LogP contribution is -2.29. The molecule has 3 aromatic carbocycles. The van der Waals surface area contributed by atoms with Crippen molar-refractivity contribution < 1.29 is 37.3 Å². The fraction of sp³-hybridized carbons (Fsp3) is 0.214. The van der Waals surface area contributed by atoms with Crippen LogP contribution in [0.15, 0.2) is 72.3 Å². The first kappa shape index (κ1) is 25.8. The third-order valence-corrected chi connectivity index (χ3v) is 6.08. The number of nitrogens with zero attached hydrogens (tertiary/aromatic N) is 1. The average Bonchev–Trinajstić information content (AvgIpc) is 3.14. The fourth-order valence-electron chi connectivity index (χ4n) is 4.30. The highest BCUT2D eigenvalue weighted by molar-refractivity contribution is 6.51. The van der Waals surface area contributed by atoms with Crippen LogP contribution in [0.5, 0.6) is 11.5 Å². The number of ketones is 1. The summed E-state index contributed by atoms with van der Waals surface area (Å²) in [6.07, 6.45) is -4.65. The number of benzene rings is 3. The summed E-state index contributed by atoms with van der Waals surface area (Å²) in [5, 5.41) is 11.3. The first-order chi connectivity index (χ1) is 17.6. The average molecular weight is 511 g/mol. The van der Waals surface area contributed by atoms with Crippen LogP contribution in [0.3, 0.4) is 0 Å². The number of hydrogen-bond acceptors (Lipinski definition) is 5. The predicted molar refractivity (Wildman–Crippen MR) is 132 cm³/mol. The Balaban J connectivity index is 1.92. The van der Waals surface area contributed by atoms with Gasteiger partial charge in [-0.25, -0.2) is 0 Å². The molecule has 1 fully saturated rings. The maximum Gasteiger partial charge on any atom is 0.416 e. The number of anilines is 1. The predicted octanol–water partition coefficient (Wildman–Crippen LogP) is 6.05. The molecule has 3 aromatic rings. The van der Waals surface area contributed by atoms with Crippen LogP contribution in [0.4, 0.5) is 18.9 Å². The molecule has 0 saturated carbocycles. The molecule has 1 unspecified atom stereocenters. The van der Waals surface area contributed by atoms with Crippen LogP contribution in [-0.2, 0) is 15.8 Å². The second kappa shape index (κ2) is 10.0. The van der Waals surface area contributed by atoms with E-state index in [0.29, 0.717) is 29.2 Å². The molecule has 1 aliphatic rings. The number of aliphatic hydroxyl groups is 1. The zero-order valence-corrected chi connectivity index (χ0v) is 20.3. The van der Waals surface area contributed by atoms with Gasteiger partial charge in [0.25, 0.3) is 11.7 Å². The fourth-order valence-corrected chi connectivity index (χ4v) is 4.30. The van der Waals surface area contributed by atoms with E-state index < -0.39 is 35.2 Å². The van der Waals surface area contributed by atoms with Gasteiger partial charge in [0, 0.05) is 11.3 Å². The van der Waals surface area contributed by atoms with Crippen LogP contribution in [0.2, 0.25) is 0 Å². The number of methoxy groups -OCH3 is 1. The van der Waals surface area contributed by atoms with Crippen molar-refractivity contribution in [3.05, 3.63) is 94.6 Å². The summed E-state index contributed by atoms with van der Waals surface area (Å²) in [5.41, 5.74) is 0.0282. The molecule has 1 amide bonds. The highest BCUT2D eigenvalue weighted by atomic mass is 19.4. The Hall–Kier alpha value is -4.27. The van der Waals surface area contributed by atoms with Gasteiger partial charge in [-0.1, -0.05) is 18.2 Å². The summed E-state index contributed by atoms with van der Waals surface area (Å²) in [5.74, 6) is -1.41. The van der Waals surface area contributed by atoms with E-state index in [4.69, 9.17) is 9.47 Å². The zero-order chi connectivity index (χ0) is 26.9. The molecule has 4 rings (SSSR count). The van der Waals surface area contributed by atoms with Crippen molar-refractivity contribution in [2.24, 2.45) is 0 Å². The molecule has 0 aromatic heterocycles. The van der Waals surface area contributed by atoms with Crippen molar-refractivity contribution in [1.82, 2.24) is 0 Å². The van der Waals surface area contributed by atoms with Crippen LogP contribution in [0.1, 0.15) is 35.2 Å². The quantitative estimate of drug-likeness (QED) is 0.248.